The van der Waals surface area contributed by atoms with Gasteiger partial charge in [-0.2, -0.15) is 0 Å². The van der Waals surface area contributed by atoms with E-state index in [1.54, 1.807) is 12.3 Å². The minimum atomic E-state index is -0.569. The van der Waals surface area contributed by atoms with Crippen molar-refractivity contribution < 1.29 is 9.18 Å². The van der Waals surface area contributed by atoms with Crippen LogP contribution in [0.15, 0.2) is 24.4 Å². The zero-order chi connectivity index (χ0) is 12.4. The molecule has 5 heteroatoms. The Balaban J connectivity index is 2.54. The number of alkyl halides is 1. The molecule has 0 aliphatic carbocycles. The lowest BCUT2D eigenvalue weighted by molar-refractivity contribution is -0.117. The molecule has 0 fully saturated rings. The smallest absolute Gasteiger partial charge is 0.221 e. The van der Waals surface area contributed by atoms with Gasteiger partial charge in [-0.1, -0.05) is 0 Å². The van der Waals surface area contributed by atoms with Crippen molar-refractivity contribution in [2.75, 3.05) is 0 Å². The van der Waals surface area contributed by atoms with Gasteiger partial charge in [-0.3, -0.25) is 9.78 Å². The second-order valence-corrected chi connectivity index (χ2v) is 4.02. The molecule has 88 valence electrons. The zero-order valence-corrected chi connectivity index (χ0v) is 9.67. The molecule has 0 radical (unpaired) electrons. The van der Waals surface area contributed by atoms with Crippen LogP contribution in [0, 0.1) is 5.82 Å². The summed E-state index contributed by atoms with van der Waals surface area (Å²) in [7, 11) is 0. The number of carbonyl (C=O) groups is 1. The molecule has 0 bridgehead atoms. The predicted molar refractivity (Wildman–Crippen MR) is 64.2 cm³/mol. The van der Waals surface area contributed by atoms with E-state index in [9.17, 15) is 9.18 Å². The summed E-state index contributed by atoms with van der Waals surface area (Å²) in [6.07, 6.45) is 1.50. The number of aromatic nitrogens is 1. The first-order valence-electron chi connectivity index (χ1n) is 5.01. The van der Waals surface area contributed by atoms with Gasteiger partial charge in [-0.05, 0) is 29.3 Å². The number of fused-ring (bicyclic) bond motifs is 1. The van der Waals surface area contributed by atoms with Gasteiger partial charge < -0.3 is 5.73 Å². The molecule has 1 aromatic carbocycles. The molecular formula is C12H10ClFN2O. The minimum Gasteiger partial charge on any atom is -0.369 e. The fourth-order valence-electron chi connectivity index (χ4n) is 1.63. The number of primary amides is 1. The molecule has 1 aromatic heterocycles. The van der Waals surface area contributed by atoms with Crippen LogP contribution in [0.3, 0.4) is 0 Å². The molecule has 0 aliphatic heterocycles. The Bertz CT molecular complexity index is 586. The summed E-state index contributed by atoms with van der Waals surface area (Å²) >= 11 is 5.67. The lowest BCUT2D eigenvalue weighted by Gasteiger charge is -2.04. The van der Waals surface area contributed by atoms with Gasteiger partial charge in [0.1, 0.15) is 5.82 Å². The largest absolute Gasteiger partial charge is 0.369 e. The van der Waals surface area contributed by atoms with Gasteiger partial charge in [-0.15, -0.1) is 11.6 Å². The molecule has 17 heavy (non-hydrogen) atoms. The van der Waals surface area contributed by atoms with Crippen LogP contribution in [0.5, 0.6) is 0 Å². The summed E-state index contributed by atoms with van der Waals surface area (Å²) in [5.74, 6) is -0.696. The fraction of sp³-hybridized carbons (Fsp3) is 0.167. The molecule has 1 heterocycles. The molecule has 0 aliphatic rings. The molecule has 2 aromatic rings. The monoisotopic (exact) mass is 252 g/mol. The molecule has 3 nitrogen and oxygen atoms in total. The number of carbonyl (C=O) groups excluding carboxylic acids is 1. The normalized spacial score (nSPS) is 10.7. The van der Waals surface area contributed by atoms with Crippen molar-refractivity contribution in [2.24, 2.45) is 5.73 Å². The third kappa shape index (κ3) is 2.53. The molecule has 2 rings (SSSR count). The second-order valence-electron chi connectivity index (χ2n) is 3.76. The predicted octanol–water partition coefficient (Wildman–Crippen LogP) is 2.14. The van der Waals surface area contributed by atoms with E-state index in [0.29, 0.717) is 16.8 Å². The molecule has 2 N–H and O–H groups in total. The van der Waals surface area contributed by atoms with E-state index in [1.807, 2.05) is 0 Å². The third-order valence-electron chi connectivity index (χ3n) is 2.43. The Morgan fingerprint density at radius 2 is 2.18 bits per heavy atom. The van der Waals surface area contributed by atoms with Crippen LogP contribution in [0.4, 0.5) is 4.39 Å². The van der Waals surface area contributed by atoms with Crippen molar-refractivity contribution in [1.29, 1.82) is 0 Å². The van der Waals surface area contributed by atoms with E-state index < -0.39 is 11.7 Å². The Kier molecular flexibility index (Phi) is 3.24. The minimum absolute atomic E-state index is 0.124. The number of amides is 1. The van der Waals surface area contributed by atoms with Gasteiger partial charge in [0.25, 0.3) is 0 Å². The van der Waals surface area contributed by atoms with Crippen molar-refractivity contribution in [3.63, 3.8) is 0 Å². The average molecular weight is 253 g/mol. The first-order chi connectivity index (χ1) is 8.10. The van der Waals surface area contributed by atoms with E-state index in [2.05, 4.69) is 4.98 Å². The van der Waals surface area contributed by atoms with Crippen LogP contribution in [0.25, 0.3) is 10.9 Å². The average Bonchev–Trinajstić information content (AvgIpc) is 2.29. The maximum Gasteiger partial charge on any atom is 0.221 e. The van der Waals surface area contributed by atoms with Crippen molar-refractivity contribution in [1.82, 2.24) is 4.98 Å². The second kappa shape index (κ2) is 4.67. The zero-order valence-electron chi connectivity index (χ0n) is 8.91. The molecule has 1 amide bonds. The standard InChI is InChI=1S/C12H10ClFN2O/c13-5-7-1-9-2-10(14)8(4-12(15)17)3-11(9)16-6-7/h1-3,6H,4-5H2,(H2,15,17). The van der Waals surface area contributed by atoms with Crippen LogP contribution in [-0.4, -0.2) is 10.9 Å². The highest BCUT2D eigenvalue weighted by Crippen LogP contribution is 2.19. The van der Waals surface area contributed by atoms with Gasteiger partial charge in [0.15, 0.2) is 0 Å². The number of pyridine rings is 1. The number of hydrogen-bond donors (Lipinski definition) is 1. The van der Waals surface area contributed by atoms with Gasteiger partial charge in [0.2, 0.25) is 5.91 Å². The Morgan fingerprint density at radius 1 is 1.41 bits per heavy atom. The fourth-order valence-corrected chi connectivity index (χ4v) is 1.78. The number of benzene rings is 1. The lowest BCUT2D eigenvalue weighted by atomic mass is 10.1. The molecule has 0 saturated heterocycles. The molecule has 0 unspecified atom stereocenters. The number of halogens is 2. The van der Waals surface area contributed by atoms with Crippen molar-refractivity contribution >= 4 is 28.4 Å². The summed E-state index contributed by atoms with van der Waals surface area (Å²) in [5.41, 5.74) is 6.74. The highest BCUT2D eigenvalue weighted by molar-refractivity contribution is 6.17. The molecule has 0 spiro atoms. The summed E-state index contributed by atoms with van der Waals surface area (Å²) in [5, 5.41) is 0.661. The van der Waals surface area contributed by atoms with Crippen LogP contribution >= 0.6 is 11.6 Å². The first-order valence-corrected chi connectivity index (χ1v) is 5.55. The van der Waals surface area contributed by atoms with E-state index in [-0.39, 0.29) is 12.0 Å². The summed E-state index contributed by atoms with van der Waals surface area (Å²) in [6, 6.07) is 4.65. The van der Waals surface area contributed by atoms with Crippen molar-refractivity contribution in [3.8, 4) is 0 Å². The van der Waals surface area contributed by atoms with E-state index in [4.69, 9.17) is 17.3 Å². The Morgan fingerprint density at radius 3 is 2.82 bits per heavy atom. The SMILES string of the molecule is NC(=O)Cc1cc2ncc(CCl)cc2cc1F. The third-order valence-corrected chi connectivity index (χ3v) is 2.73. The quantitative estimate of drug-likeness (QED) is 0.851. The number of nitrogens with zero attached hydrogens (tertiary/aromatic N) is 1. The van der Waals surface area contributed by atoms with Crippen molar-refractivity contribution in [2.45, 2.75) is 12.3 Å². The van der Waals surface area contributed by atoms with E-state index in [0.717, 1.165) is 5.56 Å². The number of rotatable bonds is 3. The van der Waals surface area contributed by atoms with Crippen molar-refractivity contribution in [3.05, 3.63) is 41.3 Å². The van der Waals surface area contributed by atoms with Crippen LogP contribution in [-0.2, 0) is 17.1 Å². The summed E-state index contributed by atoms with van der Waals surface area (Å²) < 4.78 is 13.6. The summed E-state index contributed by atoms with van der Waals surface area (Å²) in [4.78, 5) is 14.9. The van der Waals surface area contributed by atoms with E-state index >= 15 is 0 Å². The molecular weight excluding hydrogens is 243 g/mol. The highest BCUT2D eigenvalue weighted by Gasteiger charge is 2.08. The van der Waals surface area contributed by atoms with Crippen LogP contribution < -0.4 is 5.73 Å². The molecule has 0 saturated carbocycles. The van der Waals surface area contributed by atoms with Gasteiger partial charge in [0, 0.05) is 17.5 Å². The summed E-state index contributed by atoms with van der Waals surface area (Å²) in [6.45, 7) is 0. The van der Waals surface area contributed by atoms with Crippen LogP contribution in [0.2, 0.25) is 0 Å². The Labute approximate surface area is 102 Å². The topological polar surface area (TPSA) is 56.0 Å². The Hall–Kier alpha value is -1.68. The maximum atomic E-state index is 13.6. The highest BCUT2D eigenvalue weighted by atomic mass is 35.5. The maximum absolute atomic E-state index is 13.6. The van der Waals surface area contributed by atoms with Gasteiger partial charge in [-0.25, -0.2) is 4.39 Å². The number of hydrogen-bond acceptors (Lipinski definition) is 2. The van der Waals surface area contributed by atoms with Gasteiger partial charge in [0.05, 0.1) is 11.9 Å². The van der Waals surface area contributed by atoms with E-state index in [1.165, 1.54) is 12.1 Å². The van der Waals surface area contributed by atoms with Gasteiger partial charge >= 0.3 is 0 Å². The van der Waals surface area contributed by atoms with Crippen LogP contribution in [0.1, 0.15) is 11.1 Å². The first kappa shape index (κ1) is 11.8. The molecule has 0 atom stereocenters. The number of nitrogens with two attached hydrogens (primary N) is 1. The lowest BCUT2D eigenvalue weighted by Crippen LogP contribution is -2.14.